The number of aliphatic hydroxyl groups excluding tert-OH is 1. The van der Waals surface area contributed by atoms with Crippen LogP contribution in [-0.2, 0) is 0 Å². The van der Waals surface area contributed by atoms with E-state index in [1.54, 1.807) is 24.4 Å². The molecular weight excluding hydrogens is 248 g/mol. The van der Waals surface area contributed by atoms with Crippen LogP contribution in [0.3, 0.4) is 0 Å². The lowest BCUT2D eigenvalue weighted by molar-refractivity contribution is 0.214. The van der Waals surface area contributed by atoms with Crippen LogP contribution in [0.15, 0.2) is 48.7 Å². The van der Waals surface area contributed by atoms with Crippen molar-refractivity contribution in [3.8, 4) is 0 Å². The molecule has 2 N–H and O–H groups in total. The van der Waals surface area contributed by atoms with E-state index in [0.717, 1.165) is 29.1 Å². The first-order chi connectivity index (χ1) is 9.15. The van der Waals surface area contributed by atoms with Crippen LogP contribution in [0, 0.1) is 11.6 Å². The molecule has 3 aromatic rings. The van der Waals surface area contributed by atoms with E-state index in [9.17, 15) is 13.9 Å². The lowest BCUT2D eigenvalue weighted by atomic mass is 10.00. The number of hydrogen-bond acceptors (Lipinski definition) is 1. The summed E-state index contributed by atoms with van der Waals surface area (Å²) >= 11 is 0. The van der Waals surface area contributed by atoms with Gasteiger partial charge in [0, 0.05) is 17.3 Å². The Morgan fingerprint density at radius 2 is 1.84 bits per heavy atom. The van der Waals surface area contributed by atoms with Crippen molar-refractivity contribution in [2.24, 2.45) is 0 Å². The predicted octanol–water partition coefficient (Wildman–Crippen LogP) is 3.53. The average Bonchev–Trinajstić information content (AvgIpc) is 2.88. The first-order valence-electron chi connectivity index (χ1n) is 5.85. The number of fused-ring (bicyclic) bond motifs is 1. The molecule has 0 aliphatic heterocycles. The Morgan fingerprint density at radius 1 is 1.00 bits per heavy atom. The molecule has 0 fully saturated rings. The lowest BCUT2D eigenvalue weighted by Gasteiger charge is -2.12. The molecule has 1 heterocycles. The largest absolute Gasteiger partial charge is 0.384 e. The van der Waals surface area contributed by atoms with E-state index in [1.165, 1.54) is 0 Å². The van der Waals surface area contributed by atoms with Gasteiger partial charge < -0.3 is 10.1 Å². The Balaban J connectivity index is 2.07. The quantitative estimate of drug-likeness (QED) is 0.725. The fraction of sp³-hybridized carbons (Fsp3) is 0.0667. The predicted molar refractivity (Wildman–Crippen MR) is 68.7 cm³/mol. The number of nitrogens with one attached hydrogen (secondary N) is 1. The molecule has 0 amide bonds. The summed E-state index contributed by atoms with van der Waals surface area (Å²) in [5, 5.41) is 11.1. The number of H-pyrrole nitrogens is 1. The second kappa shape index (κ2) is 4.48. The van der Waals surface area contributed by atoms with Crippen LogP contribution in [0.1, 0.15) is 17.2 Å². The van der Waals surface area contributed by atoms with Gasteiger partial charge in [0.25, 0.3) is 0 Å². The van der Waals surface area contributed by atoms with Gasteiger partial charge in [0.15, 0.2) is 0 Å². The highest BCUT2D eigenvalue weighted by molar-refractivity contribution is 5.80. The van der Waals surface area contributed by atoms with Crippen molar-refractivity contribution in [1.82, 2.24) is 4.98 Å². The lowest BCUT2D eigenvalue weighted by Crippen LogP contribution is -2.03. The normalized spacial score (nSPS) is 12.8. The Labute approximate surface area is 108 Å². The molecule has 0 radical (unpaired) electrons. The summed E-state index contributed by atoms with van der Waals surface area (Å²) < 4.78 is 26.8. The number of aliphatic hydroxyl groups is 1. The van der Waals surface area contributed by atoms with Gasteiger partial charge in [-0.15, -0.1) is 0 Å². The van der Waals surface area contributed by atoms with E-state index in [4.69, 9.17) is 0 Å². The van der Waals surface area contributed by atoms with E-state index in [2.05, 4.69) is 4.98 Å². The molecule has 0 spiro atoms. The summed E-state index contributed by atoms with van der Waals surface area (Å²) in [5.41, 5.74) is 1.39. The number of rotatable bonds is 2. The van der Waals surface area contributed by atoms with Crippen LogP contribution in [0.2, 0.25) is 0 Å². The molecule has 19 heavy (non-hydrogen) atoms. The molecule has 1 atom stereocenters. The summed E-state index contributed by atoms with van der Waals surface area (Å²) in [6.07, 6.45) is 0.596. The smallest absolute Gasteiger partial charge is 0.129 e. The van der Waals surface area contributed by atoms with Gasteiger partial charge in [-0.2, -0.15) is 0 Å². The van der Waals surface area contributed by atoms with Gasteiger partial charge in [0.1, 0.15) is 17.7 Å². The Kier molecular flexibility index (Phi) is 2.80. The SMILES string of the molecule is OC(c1ccc2[nH]ccc2c1)c1cc(F)ccc1F. The summed E-state index contributed by atoms with van der Waals surface area (Å²) in [5.74, 6) is -1.19. The van der Waals surface area contributed by atoms with Crippen LogP contribution < -0.4 is 0 Å². The molecule has 3 rings (SSSR count). The third-order valence-corrected chi connectivity index (χ3v) is 3.15. The van der Waals surface area contributed by atoms with E-state index in [0.29, 0.717) is 5.56 Å². The maximum absolute atomic E-state index is 13.6. The monoisotopic (exact) mass is 259 g/mol. The molecule has 0 bridgehead atoms. The van der Waals surface area contributed by atoms with Crippen molar-refractivity contribution in [3.63, 3.8) is 0 Å². The van der Waals surface area contributed by atoms with Gasteiger partial charge in [-0.25, -0.2) is 8.78 Å². The standard InChI is InChI=1S/C15H11F2NO/c16-11-2-3-13(17)12(8-11)15(19)10-1-4-14-9(7-10)5-6-18-14/h1-8,15,18-19H. The summed E-state index contributed by atoms with van der Waals surface area (Å²) in [4.78, 5) is 3.03. The Bertz CT molecular complexity index is 736. The first kappa shape index (κ1) is 11.9. The number of benzene rings is 2. The van der Waals surface area contributed by atoms with Crippen molar-refractivity contribution < 1.29 is 13.9 Å². The number of halogens is 2. The van der Waals surface area contributed by atoms with Crippen LogP contribution in [-0.4, -0.2) is 10.1 Å². The minimum absolute atomic E-state index is 0.0603. The van der Waals surface area contributed by atoms with Gasteiger partial charge in [-0.05, 0) is 47.3 Å². The van der Waals surface area contributed by atoms with E-state index >= 15 is 0 Å². The summed E-state index contributed by atoms with van der Waals surface area (Å²) in [7, 11) is 0. The minimum Gasteiger partial charge on any atom is -0.384 e. The highest BCUT2D eigenvalue weighted by Crippen LogP contribution is 2.27. The third-order valence-electron chi connectivity index (χ3n) is 3.15. The molecule has 0 aliphatic rings. The zero-order valence-corrected chi connectivity index (χ0v) is 9.90. The van der Waals surface area contributed by atoms with Crippen molar-refractivity contribution in [3.05, 3.63) is 71.4 Å². The fourth-order valence-electron chi connectivity index (χ4n) is 2.15. The zero-order valence-electron chi connectivity index (χ0n) is 9.90. The van der Waals surface area contributed by atoms with Crippen molar-refractivity contribution in [2.45, 2.75) is 6.10 Å². The number of aromatic nitrogens is 1. The second-order valence-electron chi connectivity index (χ2n) is 4.39. The van der Waals surface area contributed by atoms with Crippen LogP contribution >= 0.6 is 0 Å². The molecule has 4 heteroatoms. The second-order valence-corrected chi connectivity index (χ2v) is 4.39. The fourth-order valence-corrected chi connectivity index (χ4v) is 2.15. The molecular formula is C15H11F2NO. The molecule has 96 valence electrons. The zero-order chi connectivity index (χ0) is 13.4. The Hall–Kier alpha value is -2.20. The first-order valence-corrected chi connectivity index (χ1v) is 5.85. The minimum atomic E-state index is -1.19. The molecule has 2 nitrogen and oxygen atoms in total. The molecule has 0 aliphatic carbocycles. The van der Waals surface area contributed by atoms with E-state index in [1.807, 2.05) is 6.07 Å². The maximum atomic E-state index is 13.6. The molecule has 2 aromatic carbocycles. The maximum Gasteiger partial charge on any atom is 0.129 e. The summed E-state index contributed by atoms with van der Waals surface area (Å²) in [6, 6.07) is 10.2. The molecule has 0 saturated carbocycles. The van der Waals surface area contributed by atoms with E-state index < -0.39 is 17.7 Å². The molecule has 0 saturated heterocycles. The topological polar surface area (TPSA) is 36.0 Å². The van der Waals surface area contributed by atoms with Crippen LogP contribution in [0.5, 0.6) is 0 Å². The van der Waals surface area contributed by atoms with Crippen LogP contribution in [0.25, 0.3) is 10.9 Å². The van der Waals surface area contributed by atoms with Gasteiger partial charge in [0.2, 0.25) is 0 Å². The van der Waals surface area contributed by atoms with Crippen molar-refractivity contribution >= 4 is 10.9 Å². The highest BCUT2D eigenvalue weighted by atomic mass is 19.1. The van der Waals surface area contributed by atoms with Gasteiger partial charge in [0.05, 0.1) is 0 Å². The van der Waals surface area contributed by atoms with E-state index in [-0.39, 0.29) is 5.56 Å². The third kappa shape index (κ3) is 2.11. The molecule has 1 unspecified atom stereocenters. The van der Waals surface area contributed by atoms with Gasteiger partial charge in [-0.3, -0.25) is 0 Å². The van der Waals surface area contributed by atoms with Crippen LogP contribution in [0.4, 0.5) is 8.78 Å². The average molecular weight is 259 g/mol. The highest BCUT2D eigenvalue weighted by Gasteiger charge is 2.16. The Morgan fingerprint density at radius 3 is 2.68 bits per heavy atom. The number of hydrogen-bond donors (Lipinski definition) is 2. The summed E-state index contributed by atoms with van der Waals surface area (Å²) in [6.45, 7) is 0. The van der Waals surface area contributed by atoms with Gasteiger partial charge in [-0.1, -0.05) is 6.07 Å². The van der Waals surface area contributed by atoms with Crippen molar-refractivity contribution in [2.75, 3.05) is 0 Å². The van der Waals surface area contributed by atoms with Crippen molar-refractivity contribution in [1.29, 1.82) is 0 Å². The molecule has 1 aromatic heterocycles. The number of aromatic amines is 1. The van der Waals surface area contributed by atoms with Gasteiger partial charge >= 0.3 is 0 Å².